The van der Waals surface area contributed by atoms with Crippen LogP contribution in [0.4, 0.5) is 0 Å². The highest BCUT2D eigenvalue weighted by Gasteiger charge is 2.21. The molecule has 3 nitrogen and oxygen atoms in total. The fraction of sp³-hybridized carbons (Fsp3) is 0.462. The lowest BCUT2D eigenvalue weighted by atomic mass is 10.1. The molecule has 0 saturated carbocycles. The number of carbonyl (C=O) groups is 1. The van der Waals surface area contributed by atoms with Crippen molar-refractivity contribution in [3.8, 4) is 0 Å². The molecule has 1 unspecified atom stereocenters. The third kappa shape index (κ3) is 3.45. The maximum absolute atomic E-state index is 11.9. The number of nitrogens with zero attached hydrogens (tertiary/aromatic N) is 1. The quantitative estimate of drug-likeness (QED) is 0.898. The smallest absolute Gasteiger partial charge is 0.239 e. The van der Waals surface area contributed by atoms with Crippen molar-refractivity contribution in [1.29, 1.82) is 0 Å². The van der Waals surface area contributed by atoms with Gasteiger partial charge in [0.25, 0.3) is 0 Å². The molecule has 17 heavy (non-hydrogen) atoms. The van der Waals surface area contributed by atoms with E-state index in [-0.39, 0.29) is 11.9 Å². The van der Waals surface area contributed by atoms with Crippen LogP contribution in [0.3, 0.4) is 0 Å². The van der Waals surface area contributed by atoms with Crippen LogP contribution in [0.2, 0.25) is 5.02 Å². The summed E-state index contributed by atoms with van der Waals surface area (Å²) in [6.07, 6.45) is 0.649. The first-order chi connectivity index (χ1) is 7.97. The average Bonchev–Trinajstić information content (AvgIpc) is 2.36. The molecule has 2 N–H and O–H groups in total. The van der Waals surface area contributed by atoms with Crippen molar-refractivity contribution in [2.75, 3.05) is 7.05 Å². The number of nitrogens with two attached hydrogens (primary N) is 1. The number of rotatable bonds is 4. The fourth-order valence-corrected chi connectivity index (χ4v) is 1.72. The summed E-state index contributed by atoms with van der Waals surface area (Å²) in [5.74, 6) is -0.0325. The Hall–Kier alpha value is -1.06. The maximum atomic E-state index is 11.9. The number of amides is 1. The van der Waals surface area contributed by atoms with Crippen molar-refractivity contribution in [3.63, 3.8) is 0 Å². The molecule has 0 aliphatic heterocycles. The van der Waals surface area contributed by atoms with Crippen LogP contribution in [0.1, 0.15) is 31.9 Å². The molecule has 2 atom stereocenters. The molecule has 0 aromatic heterocycles. The lowest BCUT2D eigenvalue weighted by Gasteiger charge is -2.27. The van der Waals surface area contributed by atoms with Crippen LogP contribution in [0.15, 0.2) is 24.3 Å². The topological polar surface area (TPSA) is 46.3 Å². The standard InChI is InChI=1S/C13H19ClN2O/c1-4-12(15)13(17)16(3)9(2)10-5-7-11(14)8-6-10/h5-9,12H,4,15H2,1-3H3/t9?,12-/m1/s1. The first kappa shape index (κ1) is 14.0. The second-order valence-corrected chi connectivity index (χ2v) is 4.63. The van der Waals surface area contributed by atoms with Crippen molar-refractivity contribution < 1.29 is 4.79 Å². The maximum Gasteiger partial charge on any atom is 0.239 e. The monoisotopic (exact) mass is 254 g/mol. The van der Waals surface area contributed by atoms with Crippen molar-refractivity contribution in [2.45, 2.75) is 32.4 Å². The molecule has 1 aromatic carbocycles. The normalized spacial score (nSPS) is 14.2. The number of halogens is 1. The van der Waals surface area contributed by atoms with Gasteiger partial charge in [0.15, 0.2) is 0 Å². The Labute approximate surface area is 108 Å². The molecule has 0 fully saturated rings. The zero-order valence-electron chi connectivity index (χ0n) is 10.5. The Kier molecular flexibility index (Phi) is 4.97. The highest BCUT2D eigenvalue weighted by atomic mass is 35.5. The summed E-state index contributed by atoms with van der Waals surface area (Å²) in [7, 11) is 1.77. The molecule has 0 bridgehead atoms. The molecule has 0 saturated heterocycles. The van der Waals surface area contributed by atoms with Crippen molar-refractivity contribution in [1.82, 2.24) is 4.90 Å². The van der Waals surface area contributed by atoms with Gasteiger partial charge in [-0.3, -0.25) is 4.79 Å². The van der Waals surface area contributed by atoms with Crippen LogP contribution >= 0.6 is 11.6 Å². The molecule has 0 aliphatic rings. The minimum absolute atomic E-state index is 0.00244. The summed E-state index contributed by atoms with van der Waals surface area (Å²) in [5.41, 5.74) is 6.79. The molecule has 1 rings (SSSR count). The van der Waals surface area contributed by atoms with Gasteiger partial charge in [-0.05, 0) is 31.0 Å². The van der Waals surface area contributed by atoms with E-state index in [9.17, 15) is 4.79 Å². The van der Waals surface area contributed by atoms with Crippen molar-refractivity contribution in [3.05, 3.63) is 34.9 Å². The summed E-state index contributed by atoms with van der Waals surface area (Å²) in [4.78, 5) is 13.6. The molecule has 0 radical (unpaired) electrons. The lowest BCUT2D eigenvalue weighted by molar-refractivity contribution is -0.133. The summed E-state index contributed by atoms with van der Waals surface area (Å²) in [6, 6.07) is 7.08. The third-order valence-electron chi connectivity index (χ3n) is 3.04. The number of hydrogen-bond acceptors (Lipinski definition) is 2. The Morgan fingerprint density at radius 1 is 1.41 bits per heavy atom. The largest absolute Gasteiger partial charge is 0.338 e. The molecule has 0 aliphatic carbocycles. The Morgan fingerprint density at radius 2 is 1.94 bits per heavy atom. The van der Waals surface area contributed by atoms with E-state index >= 15 is 0 Å². The summed E-state index contributed by atoms with van der Waals surface area (Å²) in [6.45, 7) is 3.88. The van der Waals surface area contributed by atoms with E-state index in [2.05, 4.69) is 0 Å². The summed E-state index contributed by atoms with van der Waals surface area (Å²) in [5, 5.41) is 0.695. The van der Waals surface area contributed by atoms with Crippen LogP contribution < -0.4 is 5.73 Å². The van der Waals surface area contributed by atoms with Crippen LogP contribution in [-0.4, -0.2) is 23.9 Å². The second kappa shape index (κ2) is 6.03. The van der Waals surface area contributed by atoms with Crippen LogP contribution in [-0.2, 0) is 4.79 Å². The molecule has 0 spiro atoms. The lowest BCUT2D eigenvalue weighted by Crippen LogP contribution is -2.42. The number of benzene rings is 1. The van der Waals surface area contributed by atoms with E-state index in [1.165, 1.54) is 0 Å². The average molecular weight is 255 g/mol. The highest BCUT2D eigenvalue weighted by molar-refractivity contribution is 6.30. The molecule has 1 amide bonds. The molecule has 0 heterocycles. The Morgan fingerprint density at radius 3 is 2.41 bits per heavy atom. The van der Waals surface area contributed by atoms with Gasteiger partial charge in [-0.1, -0.05) is 30.7 Å². The highest BCUT2D eigenvalue weighted by Crippen LogP contribution is 2.21. The van der Waals surface area contributed by atoms with Crippen LogP contribution in [0.25, 0.3) is 0 Å². The van der Waals surface area contributed by atoms with E-state index in [4.69, 9.17) is 17.3 Å². The Bertz CT molecular complexity index is 378. The van der Waals surface area contributed by atoms with E-state index in [1.54, 1.807) is 11.9 Å². The van der Waals surface area contributed by atoms with Crippen LogP contribution in [0.5, 0.6) is 0 Å². The SMILES string of the molecule is CC[C@@H](N)C(=O)N(C)C(C)c1ccc(Cl)cc1. The summed E-state index contributed by atoms with van der Waals surface area (Å²) < 4.78 is 0. The van der Waals surface area contributed by atoms with Gasteiger partial charge >= 0.3 is 0 Å². The van der Waals surface area contributed by atoms with Gasteiger partial charge in [-0.25, -0.2) is 0 Å². The number of hydrogen-bond donors (Lipinski definition) is 1. The first-order valence-electron chi connectivity index (χ1n) is 5.75. The minimum Gasteiger partial charge on any atom is -0.338 e. The second-order valence-electron chi connectivity index (χ2n) is 4.19. The molecule has 94 valence electrons. The molecular weight excluding hydrogens is 236 g/mol. The van der Waals surface area contributed by atoms with E-state index in [0.29, 0.717) is 11.4 Å². The van der Waals surface area contributed by atoms with Gasteiger partial charge in [0, 0.05) is 12.1 Å². The molecule has 1 aromatic rings. The zero-order valence-corrected chi connectivity index (χ0v) is 11.2. The molecule has 4 heteroatoms. The predicted molar refractivity (Wildman–Crippen MR) is 70.9 cm³/mol. The minimum atomic E-state index is -0.422. The van der Waals surface area contributed by atoms with Gasteiger partial charge < -0.3 is 10.6 Å². The molecular formula is C13H19ClN2O. The first-order valence-corrected chi connectivity index (χ1v) is 6.12. The number of carbonyl (C=O) groups excluding carboxylic acids is 1. The van der Waals surface area contributed by atoms with E-state index in [1.807, 2.05) is 38.1 Å². The summed E-state index contributed by atoms with van der Waals surface area (Å²) >= 11 is 5.83. The van der Waals surface area contributed by atoms with E-state index in [0.717, 1.165) is 5.56 Å². The van der Waals surface area contributed by atoms with E-state index < -0.39 is 6.04 Å². The van der Waals surface area contributed by atoms with Gasteiger partial charge in [-0.2, -0.15) is 0 Å². The predicted octanol–water partition coefficient (Wildman–Crippen LogP) is 2.60. The van der Waals surface area contributed by atoms with Crippen molar-refractivity contribution >= 4 is 17.5 Å². The fourth-order valence-electron chi connectivity index (χ4n) is 1.59. The van der Waals surface area contributed by atoms with Gasteiger partial charge in [0.05, 0.1) is 12.1 Å². The third-order valence-corrected chi connectivity index (χ3v) is 3.29. The van der Waals surface area contributed by atoms with Gasteiger partial charge in [0.1, 0.15) is 0 Å². The zero-order chi connectivity index (χ0) is 13.0. The van der Waals surface area contributed by atoms with Crippen LogP contribution in [0, 0.1) is 0 Å². The number of likely N-dealkylation sites (N-methyl/N-ethyl adjacent to an activating group) is 1. The van der Waals surface area contributed by atoms with Gasteiger partial charge in [0.2, 0.25) is 5.91 Å². The van der Waals surface area contributed by atoms with Crippen molar-refractivity contribution in [2.24, 2.45) is 5.73 Å². The Balaban J connectivity index is 2.79. The van der Waals surface area contributed by atoms with Gasteiger partial charge in [-0.15, -0.1) is 0 Å².